The molecule has 0 aliphatic heterocycles. The van der Waals surface area contributed by atoms with Crippen molar-refractivity contribution in [3.05, 3.63) is 82.4 Å². The lowest BCUT2D eigenvalue weighted by Crippen LogP contribution is -2.17. The highest BCUT2D eigenvalue weighted by Crippen LogP contribution is 2.35. The predicted molar refractivity (Wildman–Crippen MR) is 104 cm³/mol. The molecule has 2 aromatic carbocycles. The Morgan fingerprint density at radius 2 is 1.81 bits per heavy atom. The molecule has 0 bridgehead atoms. The van der Waals surface area contributed by atoms with Gasteiger partial charge in [-0.1, -0.05) is 11.6 Å². The molecule has 160 valence electrons. The van der Waals surface area contributed by atoms with Crippen molar-refractivity contribution in [2.75, 3.05) is 5.32 Å². The van der Waals surface area contributed by atoms with Crippen LogP contribution in [0.3, 0.4) is 0 Å². The monoisotopic (exact) mass is 453 g/mol. The second-order valence-corrected chi connectivity index (χ2v) is 6.54. The van der Waals surface area contributed by atoms with E-state index in [0.29, 0.717) is 6.07 Å². The Balaban J connectivity index is 1.98. The van der Waals surface area contributed by atoms with Crippen molar-refractivity contribution >= 4 is 29.1 Å². The number of pyridine rings is 1. The SMILES string of the molecule is NC(=O)c1cc(NC(=O)c2cc(C(F)(F)F)ccc2Oc2ccc(F)c(Cl)c2)ccn1. The molecule has 2 amide bonds. The van der Waals surface area contributed by atoms with E-state index >= 15 is 0 Å². The van der Waals surface area contributed by atoms with E-state index in [9.17, 15) is 27.2 Å². The van der Waals surface area contributed by atoms with Crippen LogP contribution in [0.25, 0.3) is 0 Å². The van der Waals surface area contributed by atoms with Crippen LogP contribution in [0.4, 0.5) is 23.2 Å². The van der Waals surface area contributed by atoms with E-state index in [2.05, 4.69) is 10.3 Å². The Bertz CT molecular complexity index is 1170. The number of hydrogen-bond acceptors (Lipinski definition) is 4. The van der Waals surface area contributed by atoms with Gasteiger partial charge in [-0.15, -0.1) is 0 Å². The largest absolute Gasteiger partial charge is 0.456 e. The number of nitrogens with two attached hydrogens (primary N) is 1. The zero-order chi connectivity index (χ0) is 22.8. The van der Waals surface area contributed by atoms with Gasteiger partial charge in [0.25, 0.3) is 11.8 Å². The average molecular weight is 454 g/mol. The van der Waals surface area contributed by atoms with Crippen LogP contribution >= 0.6 is 11.6 Å². The molecule has 0 fully saturated rings. The lowest BCUT2D eigenvalue weighted by molar-refractivity contribution is -0.137. The molecular formula is C20H12ClF4N3O3. The van der Waals surface area contributed by atoms with E-state index in [-0.39, 0.29) is 27.9 Å². The van der Waals surface area contributed by atoms with Crippen molar-refractivity contribution < 1.29 is 31.9 Å². The van der Waals surface area contributed by atoms with Gasteiger partial charge < -0.3 is 15.8 Å². The number of ether oxygens (including phenoxy) is 1. The van der Waals surface area contributed by atoms with Crippen LogP contribution in [0.1, 0.15) is 26.4 Å². The van der Waals surface area contributed by atoms with Crippen molar-refractivity contribution in [3.8, 4) is 11.5 Å². The fourth-order valence-electron chi connectivity index (χ4n) is 2.48. The summed E-state index contributed by atoms with van der Waals surface area (Å²) in [6.45, 7) is 0. The summed E-state index contributed by atoms with van der Waals surface area (Å²) in [6, 6.07) is 8.08. The Labute approximate surface area is 177 Å². The van der Waals surface area contributed by atoms with Gasteiger partial charge >= 0.3 is 6.18 Å². The van der Waals surface area contributed by atoms with Gasteiger partial charge in [0, 0.05) is 18.0 Å². The summed E-state index contributed by atoms with van der Waals surface area (Å²) in [4.78, 5) is 27.7. The topological polar surface area (TPSA) is 94.3 Å². The molecule has 1 aromatic heterocycles. The molecule has 3 N–H and O–H groups in total. The summed E-state index contributed by atoms with van der Waals surface area (Å²) < 4.78 is 58.3. The van der Waals surface area contributed by atoms with E-state index in [1.165, 1.54) is 18.3 Å². The molecule has 3 aromatic rings. The number of aromatic nitrogens is 1. The van der Waals surface area contributed by atoms with Crippen LogP contribution in [0.5, 0.6) is 11.5 Å². The molecule has 1 heterocycles. The summed E-state index contributed by atoms with van der Waals surface area (Å²) in [7, 11) is 0. The predicted octanol–water partition coefficient (Wildman–Crippen LogP) is 5.04. The molecular weight excluding hydrogens is 442 g/mol. The summed E-state index contributed by atoms with van der Waals surface area (Å²) in [5.74, 6) is -2.77. The van der Waals surface area contributed by atoms with Crippen LogP contribution in [0.15, 0.2) is 54.7 Å². The zero-order valence-electron chi connectivity index (χ0n) is 15.3. The van der Waals surface area contributed by atoms with Gasteiger partial charge in [-0.25, -0.2) is 4.39 Å². The lowest BCUT2D eigenvalue weighted by Gasteiger charge is -2.15. The van der Waals surface area contributed by atoms with Gasteiger partial charge in [0.05, 0.1) is 16.1 Å². The number of primary amides is 1. The molecule has 11 heteroatoms. The molecule has 0 saturated heterocycles. The van der Waals surface area contributed by atoms with Gasteiger partial charge in [-0.2, -0.15) is 13.2 Å². The second kappa shape index (κ2) is 8.60. The summed E-state index contributed by atoms with van der Waals surface area (Å²) in [6.07, 6.45) is -3.53. The Kier molecular flexibility index (Phi) is 6.11. The minimum Gasteiger partial charge on any atom is -0.456 e. The number of anilines is 1. The van der Waals surface area contributed by atoms with E-state index < -0.39 is 34.9 Å². The molecule has 0 spiro atoms. The van der Waals surface area contributed by atoms with Crippen LogP contribution in [-0.4, -0.2) is 16.8 Å². The molecule has 6 nitrogen and oxygen atoms in total. The number of nitrogens with one attached hydrogen (secondary N) is 1. The van der Waals surface area contributed by atoms with Crippen LogP contribution < -0.4 is 15.8 Å². The number of halogens is 5. The van der Waals surface area contributed by atoms with Crippen LogP contribution in [0, 0.1) is 5.82 Å². The van der Waals surface area contributed by atoms with Gasteiger partial charge in [0.2, 0.25) is 0 Å². The Morgan fingerprint density at radius 1 is 1.06 bits per heavy atom. The van der Waals surface area contributed by atoms with Crippen LogP contribution in [-0.2, 0) is 6.18 Å². The molecule has 3 rings (SSSR count). The first-order valence-corrected chi connectivity index (χ1v) is 8.84. The van der Waals surface area contributed by atoms with Gasteiger partial charge in [-0.3, -0.25) is 14.6 Å². The molecule has 31 heavy (non-hydrogen) atoms. The van der Waals surface area contributed by atoms with Gasteiger partial charge in [0.1, 0.15) is 23.0 Å². The van der Waals surface area contributed by atoms with Crippen molar-refractivity contribution in [2.24, 2.45) is 5.73 Å². The number of benzene rings is 2. The van der Waals surface area contributed by atoms with Crippen molar-refractivity contribution in [3.63, 3.8) is 0 Å². The molecule has 0 unspecified atom stereocenters. The summed E-state index contributed by atoms with van der Waals surface area (Å²) in [5.41, 5.74) is 3.49. The van der Waals surface area contributed by atoms with Crippen molar-refractivity contribution in [2.45, 2.75) is 6.18 Å². The van der Waals surface area contributed by atoms with Gasteiger partial charge in [-0.05, 0) is 42.5 Å². The van der Waals surface area contributed by atoms with Crippen molar-refractivity contribution in [1.29, 1.82) is 0 Å². The Hall–Kier alpha value is -3.66. The molecule has 0 aliphatic carbocycles. The fraction of sp³-hybridized carbons (Fsp3) is 0.0500. The first-order chi connectivity index (χ1) is 14.5. The van der Waals surface area contributed by atoms with Gasteiger partial charge in [0.15, 0.2) is 0 Å². The normalized spacial score (nSPS) is 11.1. The lowest BCUT2D eigenvalue weighted by atomic mass is 10.1. The van der Waals surface area contributed by atoms with E-state index in [4.69, 9.17) is 22.1 Å². The summed E-state index contributed by atoms with van der Waals surface area (Å²) in [5, 5.41) is 2.09. The number of amides is 2. The number of carbonyl (C=O) groups excluding carboxylic acids is 2. The third-order valence-electron chi connectivity index (χ3n) is 3.94. The first-order valence-electron chi connectivity index (χ1n) is 8.46. The number of hydrogen-bond donors (Lipinski definition) is 2. The molecule has 0 radical (unpaired) electrons. The maximum atomic E-state index is 13.3. The fourth-order valence-corrected chi connectivity index (χ4v) is 2.65. The third kappa shape index (κ3) is 5.28. The number of rotatable bonds is 5. The maximum Gasteiger partial charge on any atom is 0.416 e. The van der Waals surface area contributed by atoms with E-state index in [0.717, 1.165) is 30.3 Å². The minimum atomic E-state index is -4.72. The molecule has 0 saturated carbocycles. The maximum absolute atomic E-state index is 13.3. The highest BCUT2D eigenvalue weighted by Gasteiger charge is 2.32. The Morgan fingerprint density at radius 3 is 2.45 bits per heavy atom. The smallest absolute Gasteiger partial charge is 0.416 e. The number of alkyl halides is 3. The number of carbonyl (C=O) groups is 2. The highest BCUT2D eigenvalue weighted by molar-refractivity contribution is 6.30. The quantitative estimate of drug-likeness (QED) is 0.529. The minimum absolute atomic E-state index is 0.000125. The van der Waals surface area contributed by atoms with E-state index in [1.807, 2.05) is 0 Å². The third-order valence-corrected chi connectivity index (χ3v) is 4.23. The summed E-state index contributed by atoms with van der Waals surface area (Å²) >= 11 is 5.69. The number of nitrogens with zero attached hydrogens (tertiary/aromatic N) is 1. The first kappa shape index (κ1) is 22.0. The van der Waals surface area contributed by atoms with E-state index in [1.54, 1.807) is 0 Å². The standard InChI is InChI=1S/C20H12ClF4N3O3/c21-14-9-12(2-3-15(14)22)31-17-4-1-10(20(23,24)25)7-13(17)19(30)28-11-5-6-27-16(8-11)18(26)29/h1-9H,(H2,26,29)(H,27,28,30). The van der Waals surface area contributed by atoms with Crippen molar-refractivity contribution in [1.82, 2.24) is 4.98 Å². The molecule has 0 atom stereocenters. The molecule has 0 aliphatic rings. The second-order valence-electron chi connectivity index (χ2n) is 6.13. The highest BCUT2D eigenvalue weighted by atomic mass is 35.5. The average Bonchev–Trinajstić information content (AvgIpc) is 2.70. The zero-order valence-corrected chi connectivity index (χ0v) is 16.1. The van der Waals surface area contributed by atoms with Crippen LogP contribution in [0.2, 0.25) is 5.02 Å².